The number of nitrogens with zero attached hydrogens (tertiary/aromatic N) is 2. The van der Waals surface area contributed by atoms with Crippen molar-refractivity contribution < 1.29 is 9.59 Å². The van der Waals surface area contributed by atoms with Gasteiger partial charge < -0.3 is 10.2 Å². The number of aryl methyl sites for hydroxylation is 1. The summed E-state index contributed by atoms with van der Waals surface area (Å²) in [5.74, 6) is 1.46. The summed E-state index contributed by atoms with van der Waals surface area (Å²) in [6, 6.07) is 7.81. The summed E-state index contributed by atoms with van der Waals surface area (Å²) in [4.78, 5) is 30.5. The molecule has 0 aromatic heterocycles. The molecule has 170 valence electrons. The average Bonchev–Trinajstić information content (AvgIpc) is 3.33. The van der Waals surface area contributed by atoms with E-state index in [0.717, 1.165) is 38.0 Å². The molecule has 5 nitrogen and oxygen atoms in total. The van der Waals surface area contributed by atoms with Gasteiger partial charge in [-0.2, -0.15) is 0 Å². The normalized spacial score (nSPS) is 22.4. The predicted octanol–water partition coefficient (Wildman–Crippen LogP) is 4.01. The van der Waals surface area contributed by atoms with Crippen LogP contribution >= 0.6 is 0 Å². The molecule has 3 fully saturated rings. The van der Waals surface area contributed by atoms with Crippen LogP contribution in [0.5, 0.6) is 0 Å². The fraction of sp³-hybridized carbons (Fsp3) is 0.692. The Labute approximate surface area is 187 Å². The van der Waals surface area contributed by atoms with Crippen molar-refractivity contribution >= 4 is 11.8 Å². The van der Waals surface area contributed by atoms with Gasteiger partial charge in [-0.15, -0.1) is 0 Å². The molecule has 2 aliphatic carbocycles. The Kier molecular flexibility index (Phi) is 7.65. The van der Waals surface area contributed by atoms with Crippen LogP contribution in [0.15, 0.2) is 24.3 Å². The lowest BCUT2D eigenvalue weighted by Gasteiger charge is -2.41. The van der Waals surface area contributed by atoms with Gasteiger partial charge in [0.05, 0.1) is 6.04 Å². The highest BCUT2D eigenvalue weighted by Gasteiger charge is 2.37. The molecule has 5 heteroatoms. The summed E-state index contributed by atoms with van der Waals surface area (Å²) in [6.45, 7) is 5.85. The number of carbonyl (C=O) groups is 2. The minimum Gasteiger partial charge on any atom is -0.354 e. The molecule has 4 rings (SSSR count). The number of piperazine rings is 1. The number of rotatable bonds is 6. The minimum absolute atomic E-state index is 0.0253. The summed E-state index contributed by atoms with van der Waals surface area (Å²) in [7, 11) is 0. The molecule has 1 aromatic carbocycles. The van der Waals surface area contributed by atoms with Gasteiger partial charge in [0.2, 0.25) is 5.91 Å². The van der Waals surface area contributed by atoms with E-state index < -0.39 is 0 Å². The molecule has 0 unspecified atom stereocenters. The zero-order valence-corrected chi connectivity index (χ0v) is 19.2. The number of benzene rings is 1. The Morgan fingerprint density at radius 1 is 0.903 bits per heavy atom. The SMILES string of the molecule is Cc1ccc(C(=O)N2CCN([C@@H](C(=O)NCC3CCCCC3)C3CCCC3)CC2)cc1. The van der Waals surface area contributed by atoms with E-state index in [1.807, 2.05) is 36.1 Å². The molecule has 0 radical (unpaired) electrons. The molecule has 0 spiro atoms. The Hall–Kier alpha value is -1.88. The van der Waals surface area contributed by atoms with Gasteiger partial charge >= 0.3 is 0 Å². The van der Waals surface area contributed by atoms with Crippen molar-refractivity contribution in [2.24, 2.45) is 11.8 Å². The van der Waals surface area contributed by atoms with Crippen molar-refractivity contribution in [2.75, 3.05) is 32.7 Å². The summed E-state index contributed by atoms with van der Waals surface area (Å²) in [5.41, 5.74) is 1.93. The van der Waals surface area contributed by atoms with Crippen molar-refractivity contribution in [3.8, 4) is 0 Å². The molecule has 1 heterocycles. The highest BCUT2D eigenvalue weighted by Crippen LogP contribution is 2.31. The Balaban J connectivity index is 1.34. The van der Waals surface area contributed by atoms with E-state index in [1.165, 1.54) is 50.5 Å². The van der Waals surface area contributed by atoms with Gasteiger partial charge in [0.1, 0.15) is 0 Å². The first-order valence-electron chi connectivity index (χ1n) is 12.5. The van der Waals surface area contributed by atoms with E-state index in [2.05, 4.69) is 10.2 Å². The molecule has 1 aliphatic heterocycles. The molecular formula is C26H39N3O2. The largest absolute Gasteiger partial charge is 0.354 e. The maximum absolute atomic E-state index is 13.3. The van der Waals surface area contributed by atoms with Crippen molar-refractivity contribution in [2.45, 2.75) is 70.8 Å². The average molecular weight is 426 g/mol. The van der Waals surface area contributed by atoms with Gasteiger partial charge in [-0.1, -0.05) is 49.8 Å². The molecule has 2 amide bonds. The standard InChI is InChI=1S/C26H39N3O2/c1-20-11-13-23(14-12-20)26(31)29-17-15-28(16-18-29)24(22-9-5-6-10-22)25(30)27-19-21-7-3-2-4-8-21/h11-14,21-22,24H,2-10,15-19H2,1H3,(H,27,30)/t24-/m1/s1. The zero-order valence-electron chi connectivity index (χ0n) is 19.2. The number of hydrogen-bond acceptors (Lipinski definition) is 3. The number of amides is 2. The summed E-state index contributed by atoms with van der Waals surface area (Å²) in [6.07, 6.45) is 11.3. The highest BCUT2D eigenvalue weighted by molar-refractivity contribution is 5.94. The van der Waals surface area contributed by atoms with Crippen LogP contribution in [0.2, 0.25) is 0 Å². The van der Waals surface area contributed by atoms with Crippen LogP contribution in [-0.2, 0) is 4.79 Å². The van der Waals surface area contributed by atoms with Gasteiger partial charge in [-0.25, -0.2) is 0 Å². The van der Waals surface area contributed by atoms with Gasteiger partial charge in [0.25, 0.3) is 5.91 Å². The van der Waals surface area contributed by atoms with Crippen LogP contribution in [0, 0.1) is 18.8 Å². The van der Waals surface area contributed by atoms with Gasteiger partial charge in [-0.3, -0.25) is 14.5 Å². The molecule has 0 bridgehead atoms. The van der Waals surface area contributed by atoms with Crippen molar-refractivity contribution in [3.63, 3.8) is 0 Å². The van der Waals surface area contributed by atoms with Crippen LogP contribution in [0.1, 0.15) is 73.7 Å². The number of hydrogen-bond donors (Lipinski definition) is 1. The molecular weight excluding hydrogens is 386 g/mol. The molecule has 1 saturated heterocycles. The second-order valence-corrected chi connectivity index (χ2v) is 9.93. The fourth-order valence-electron chi connectivity index (χ4n) is 5.77. The van der Waals surface area contributed by atoms with E-state index in [9.17, 15) is 9.59 Å². The van der Waals surface area contributed by atoms with Gasteiger partial charge in [0, 0.05) is 38.3 Å². The summed E-state index contributed by atoms with van der Waals surface area (Å²) >= 11 is 0. The topological polar surface area (TPSA) is 52.7 Å². The third kappa shape index (κ3) is 5.68. The maximum atomic E-state index is 13.3. The lowest BCUT2D eigenvalue weighted by atomic mass is 9.89. The number of nitrogens with one attached hydrogen (secondary N) is 1. The van der Waals surface area contributed by atoms with Crippen molar-refractivity contribution in [3.05, 3.63) is 35.4 Å². The van der Waals surface area contributed by atoms with Crippen molar-refractivity contribution in [1.29, 1.82) is 0 Å². The van der Waals surface area contributed by atoms with Crippen LogP contribution in [0.25, 0.3) is 0 Å². The Morgan fingerprint density at radius 3 is 2.16 bits per heavy atom. The molecule has 3 aliphatic rings. The van der Waals surface area contributed by atoms with Crippen LogP contribution in [0.4, 0.5) is 0 Å². The zero-order chi connectivity index (χ0) is 21.6. The Morgan fingerprint density at radius 2 is 1.52 bits per heavy atom. The van der Waals surface area contributed by atoms with E-state index in [4.69, 9.17) is 0 Å². The Bertz CT molecular complexity index is 728. The molecule has 2 saturated carbocycles. The third-order valence-corrected chi connectivity index (χ3v) is 7.70. The van der Waals surface area contributed by atoms with Crippen molar-refractivity contribution in [1.82, 2.24) is 15.1 Å². The molecule has 31 heavy (non-hydrogen) atoms. The molecule has 1 atom stereocenters. The highest BCUT2D eigenvalue weighted by atomic mass is 16.2. The first-order valence-corrected chi connectivity index (χ1v) is 12.5. The second kappa shape index (κ2) is 10.6. The number of carbonyl (C=O) groups excluding carboxylic acids is 2. The van der Waals surface area contributed by atoms with E-state index in [0.29, 0.717) is 24.9 Å². The van der Waals surface area contributed by atoms with Gasteiger partial charge in [0.15, 0.2) is 0 Å². The predicted molar refractivity (Wildman–Crippen MR) is 124 cm³/mol. The first kappa shape index (κ1) is 22.3. The van der Waals surface area contributed by atoms with E-state index >= 15 is 0 Å². The smallest absolute Gasteiger partial charge is 0.253 e. The lowest BCUT2D eigenvalue weighted by molar-refractivity contribution is -0.129. The maximum Gasteiger partial charge on any atom is 0.253 e. The minimum atomic E-state index is -0.0253. The van der Waals surface area contributed by atoms with Crippen LogP contribution in [-0.4, -0.2) is 60.4 Å². The molecule has 1 N–H and O–H groups in total. The summed E-state index contributed by atoms with van der Waals surface area (Å²) < 4.78 is 0. The fourth-order valence-corrected chi connectivity index (χ4v) is 5.77. The third-order valence-electron chi connectivity index (χ3n) is 7.70. The van der Waals surface area contributed by atoms with E-state index in [1.54, 1.807) is 0 Å². The van der Waals surface area contributed by atoms with Gasteiger partial charge in [-0.05, 0) is 56.6 Å². The quantitative estimate of drug-likeness (QED) is 0.749. The molecule has 1 aromatic rings. The first-order chi connectivity index (χ1) is 15.1. The van der Waals surface area contributed by atoms with Crippen LogP contribution < -0.4 is 5.32 Å². The monoisotopic (exact) mass is 425 g/mol. The van der Waals surface area contributed by atoms with Crippen LogP contribution in [0.3, 0.4) is 0 Å². The van der Waals surface area contributed by atoms with E-state index in [-0.39, 0.29) is 17.9 Å². The second-order valence-electron chi connectivity index (χ2n) is 9.93. The summed E-state index contributed by atoms with van der Waals surface area (Å²) in [5, 5.41) is 3.33. The lowest BCUT2D eigenvalue weighted by Crippen LogP contribution is -2.58.